The van der Waals surface area contributed by atoms with Crippen LogP contribution in [0.15, 0.2) is 53.4 Å². The van der Waals surface area contributed by atoms with Crippen LogP contribution in [-0.4, -0.2) is 56.3 Å². The Morgan fingerprint density at radius 3 is 2.46 bits per heavy atom. The Kier molecular flexibility index (Phi) is 6.72. The van der Waals surface area contributed by atoms with E-state index in [2.05, 4.69) is 12.2 Å². The van der Waals surface area contributed by atoms with E-state index in [1.165, 1.54) is 10.4 Å². The quantitative estimate of drug-likeness (QED) is 0.778. The lowest BCUT2D eigenvalue weighted by atomic mass is 10.1. The van der Waals surface area contributed by atoms with Crippen LogP contribution in [0.1, 0.15) is 12.5 Å². The summed E-state index contributed by atoms with van der Waals surface area (Å²) in [4.78, 5) is 14.4. The van der Waals surface area contributed by atoms with Crippen molar-refractivity contribution in [3.63, 3.8) is 0 Å². The van der Waals surface area contributed by atoms with E-state index in [-0.39, 0.29) is 22.4 Å². The number of piperazine rings is 1. The van der Waals surface area contributed by atoms with Gasteiger partial charge in [-0.3, -0.25) is 9.69 Å². The van der Waals surface area contributed by atoms with Crippen LogP contribution in [0, 0.1) is 0 Å². The molecular formula is C20H24ClN3O3S. The molecule has 150 valence electrons. The highest BCUT2D eigenvalue weighted by molar-refractivity contribution is 7.89. The highest BCUT2D eigenvalue weighted by Gasteiger charge is 2.30. The summed E-state index contributed by atoms with van der Waals surface area (Å²) in [6, 6.07) is 14.2. The molecule has 1 heterocycles. The monoisotopic (exact) mass is 421 g/mol. The SMILES string of the molecule is CCc1cccc(NC(=O)CN2CCN(S(=O)(=O)c3ccccc3Cl)CC2)c1. The van der Waals surface area contributed by atoms with Gasteiger partial charge in [-0.25, -0.2) is 8.42 Å². The molecule has 1 N–H and O–H groups in total. The predicted octanol–water partition coefficient (Wildman–Crippen LogP) is 2.85. The number of aryl methyl sites for hydroxylation is 1. The van der Waals surface area contributed by atoms with Crippen molar-refractivity contribution in [2.45, 2.75) is 18.2 Å². The molecule has 0 aromatic heterocycles. The Labute approximate surface area is 171 Å². The first-order chi connectivity index (χ1) is 13.4. The van der Waals surface area contributed by atoms with E-state index in [1.54, 1.807) is 18.2 Å². The van der Waals surface area contributed by atoms with Gasteiger partial charge in [0.2, 0.25) is 15.9 Å². The molecule has 0 radical (unpaired) electrons. The summed E-state index contributed by atoms with van der Waals surface area (Å²) in [5.74, 6) is -0.101. The van der Waals surface area contributed by atoms with Crippen molar-refractivity contribution in [1.29, 1.82) is 0 Å². The van der Waals surface area contributed by atoms with E-state index in [4.69, 9.17) is 11.6 Å². The van der Waals surface area contributed by atoms with Gasteiger partial charge in [0.1, 0.15) is 4.90 Å². The lowest BCUT2D eigenvalue weighted by Gasteiger charge is -2.33. The highest BCUT2D eigenvalue weighted by atomic mass is 35.5. The van der Waals surface area contributed by atoms with E-state index in [1.807, 2.05) is 29.2 Å². The van der Waals surface area contributed by atoms with Gasteiger partial charge < -0.3 is 5.32 Å². The van der Waals surface area contributed by atoms with Gasteiger partial charge in [-0.05, 0) is 36.2 Å². The number of carbonyl (C=O) groups excluding carboxylic acids is 1. The minimum atomic E-state index is -3.63. The first-order valence-corrected chi connectivity index (χ1v) is 11.1. The Bertz CT molecular complexity index is 941. The molecule has 1 aliphatic heterocycles. The third-order valence-corrected chi connectivity index (χ3v) is 7.17. The summed E-state index contributed by atoms with van der Waals surface area (Å²) in [6.07, 6.45) is 0.908. The fourth-order valence-electron chi connectivity index (χ4n) is 3.19. The number of sulfonamides is 1. The van der Waals surface area contributed by atoms with Crippen LogP contribution in [0.4, 0.5) is 5.69 Å². The molecule has 28 heavy (non-hydrogen) atoms. The lowest BCUT2D eigenvalue weighted by Crippen LogP contribution is -2.50. The predicted molar refractivity (Wildman–Crippen MR) is 111 cm³/mol. The summed E-state index contributed by atoms with van der Waals surface area (Å²) < 4.78 is 27.0. The van der Waals surface area contributed by atoms with Gasteiger partial charge in [0.05, 0.1) is 11.6 Å². The van der Waals surface area contributed by atoms with Gasteiger partial charge in [0.15, 0.2) is 0 Å². The second-order valence-corrected chi connectivity index (χ2v) is 9.03. The molecule has 0 aliphatic carbocycles. The van der Waals surface area contributed by atoms with Crippen molar-refractivity contribution in [1.82, 2.24) is 9.21 Å². The molecule has 0 spiro atoms. The minimum Gasteiger partial charge on any atom is -0.325 e. The molecular weight excluding hydrogens is 398 g/mol. The zero-order chi connectivity index (χ0) is 20.1. The van der Waals surface area contributed by atoms with Gasteiger partial charge in [0, 0.05) is 31.9 Å². The highest BCUT2D eigenvalue weighted by Crippen LogP contribution is 2.25. The van der Waals surface area contributed by atoms with Gasteiger partial charge in [-0.2, -0.15) is 4.31 Å². The molecule has 0 bridgehead atoms. The maximum Gasteiger partial charge on any atom is 0.244 e. The standard InChI is InChI=1S/C20H24ClN3O3S/c1-2-16-6-5-7-17(14-16)22-20(25)15-23-10-12-24(13-11-23)28(26,27)19-9-4-3-8-18(19)21/h3-9,14H,2,10-13,15H2,1H3,(H,22,25). The van der Waals surface area contributed by atoms with Crippen molar-refractivity contribution in [3.8, 4) is 0 Å². The number of nitrogens with zero attached hydrogens (tertiary/aromatic N) is 2. The fraction of sp³-hybridized carbons (Fsp3) is 0.350. The zero-order valence-corrected chi connectivity index (χ0v) is 17.3. The largest absolute Gasteiger partial charge is 0.325 e. The molecule has 1 aliphatic rings. The maximum atomic E-state index is 12.8. The van der Waals surface area contributed by atoms with E-state index < -0.39 is 10.0 Å². The summed E-state index contributed by atoms with van der Waals surface area (Å²) in [5, 5.41) is 3.13. The Hall–Kier alpha value is -1.93. The third kappa shape index (κ3) is 4.91. The molecule has 0 saturated carbocycles. The van der Waals surface area contributed by atoms with Crippen molar-refractivity contribution in [3.05, 3.63) is 59.1 Å². The van der Waals surface area contributed by atoms with Crippen LogP contribution >= 0.6 is 11.6 Å². The minimum absolute atomic E-state index is 0.101. The fourth-order valence-corrected chi connectivity index (χ4v) is 5.11. The van der Waals surface area contributed by atoms with Gasteiger partial charge in [-0.1, -0.05) is 42.8 Å². The van der Waals surface area contributed by atoms with E-state index in [0.717, 1.165) is 17.7 Å². The molecule has 2 aromatic rings. The summed E-state index contributed by atoms with van der Waals surface area (Å²) >= 11 is 6.05. The number of benzene rings is 2. The summed E-state index contributed by atoms with van der Waals surface area (Å²) in [6.45, 7) is 3.93. The van der Waals surface area contributed by atoms with Crippen LogP contribution in [0.25, 0.3) is 0 Å². The van der Waals surface area contributed by atoms with Crippen LogP contribution in [0.3, 0.4) is 0 Å². The first kappa shape index (κ1) is 20.8. The Balaban J connectivity index is 1.55. The van der Waals surface area contributed by atoms with Crippen LogP contribution in [-0.2, 0) is 21.2 Å². The zero-order valence-electron chi connectivity index (χ0n) is 15.8. The number of carbonyl (C=O) groups is 1. The number of hydrogen-bond acceptors (Lipinski definition) is 4. The smallest absolute Gasteiger partial charge is 0.244 e. The average Bonchev–Trinajstić information content (AvgIpc) is 2.68. The molecule has 1 fully saturated rings. The molecule has 2 aromatic carbocycles. The number of rotatable bonds is 6. The molecule has 3 rings (SSSR count). The average molecular weight is 422 g/mol. The second kappa shape index (κ2) is 9.05. The molecule has 0 atom stereocenters. The van der Waals surface area contributed by atoms with Crippen LogP contribution < -0.4 is 5.32 Å². The van der Waals surface area contributed by atoms with Crippen molar-refractivity contribution in [2.24, 2.45) is 0 Å². The number of hydrogen-bond donors (Lipinski definition) is 1. The van der Waals surface area contributed by atoms with E-state index in [9.17, 15) is 13.2 Å². The van der Waals surface area contributed by atoms with Gasteiger partial charge >= 0.3 is 0 Å². The van der Waals surface area contributed by atoms with E-state index in [0.29, 0.717) is 26.2 Å². The number of anilines is 1. The van der Waals surface area contributed by atoms with Gasteiger partial charge in [0.25, 0.3) is 0 Å². The van der Waals surface area contributed by atoms with Crippen molar-refractivity contribution in [2.75, 3.05) is 38.0 Å². The second-order valence-electron chi connectivity index (χ2n) is 6.71. The van der Waals surface area contributed by atoms with Crippen LogP contribution in [0.5, 0.6) is 0 Å². The van der Waals surface area contributed by atoms with Crippen molar-refractivity contribution < 1.29 is 13.2 Å². The van der Waals surface area contributed by atoms with E-state index >= 15 is 0 Å². The maximum absolute atomic E-state index is 12.8. The Morgan fingerprint density at radius 2 is 1.79 bits per heavy atom. The number of halogens is 1. The normalized spacial score (nSPS) is 16.1. The number of amides is 1. The molecule has 8 heteroatoms. The first-order valence-electron chi connectivity index (χ1n) is 9.26. The molecule has 1 saturated heterocycles. The van der Waals surface area contributed by atoms with Crippen molar-refractivity contribution >= 4 is 33.2 Å². The molecule has 1 amide bonds. The third-order valence-electron chi connectivity index (χ3n) is 4.77. The summed E-state index contributed by atoms with van der Waals surface area (Å²) in [5.41, 5.74) is 1.94. The number of nitrogens with one attached hydrogen (secondary N) is 1. The topological polar surface area (TPSA) is 69.7 Å². The van der Waals surface area contributed by atoms with Gasteiger partial charge in [-0.15, -0.1) is 0 Å². The molecule has 6 nitrogen and oxygen atoms in total. The van der Waals surface area contributed by atoms with Crippen LogP contribution in [0.2, 0.25) is 5.02 Å². The lowest BCUT2D eigenvalue weighted by molar-refractivity contribution is -0.117. The molecule has 0 unspecified atom stereocenters. The summed E-state index contributed by atoms with van der Waals surface area (Å²) in [7, 11) is -3.63. The Morgan fingerprint density at radius 1 is 1.07 bits per heavy atom.